The van der Waals surface area contributed by atoms with Crippen molar-refractivity contribution >= 4 is 33.4 Å². The summed E-state index contributed by atoms with van der Waals surface area (Å²) in [6.45, 7) is 7.45. The number of carbonyl (C=O) groups is 2. The Morgan fingerprint density at radius 1 is 1.05 bits per heavy atom. The Labute approximate surface area is 242 Å². The van der Waals surface area contributed by atoms with E-state index >= 15 is 0 Å². The Hall–Kier alpha value is -4.17. The minimum atomic E-state index is -5.08. The molecule has 0 radical (unpaired) electrons. The molecule has 4 rings (SSSR count). The van der Waals surface area contributed by atoms with E-state index in [-0.39, 0.29) is 16.5 Å². The molecular formula is C28H32F3N5O5S. The largest absolute Gasteiger partial charge is 0.490 e. The van der Waals surface area contributed by atoms with Crippen LogP contribution in [0.15, 0.2) is 71.8 Å². The fourth-order valence-corrected chi connectivity index (χ4v) is 4.96. The molecule has 1 aromatic heterocycles. The molecular weight excluding hydrogens is 575 g/mol. The average Bonchev–Trinajstić information content (AvgIpc) is 2.96. The van der Waals surface area contributed by atoms with Crippen LogP contribution in [0.3, 0.4) is 0 Å². The fourth-order valence-electron chi connectivity index (χ4n) is 3.93. The number of piperazine rings is 1. The first kappa shape index (κ1) is 32.3. The maximum Gasteiger partial charge on any atom is 0.490 e. The summed E-state index contributed by atoms with van der Waals surface area (Å²) in [5, 5.41) is 13.3. The number of nitrogens with zero attached hydrogens (tertiary/aromatic N) is 2. The molecule has 1 aliphatic rings. The van der Waals surface area contributed by atoms with Crippen LogP contribution in [-0.2, 0) is 21.4 Å². The van der Waals surface area contributed by atoms with E-state index in [4.69, 9.17) is 9.90 Å². The molecule has 1 amide bonds. The Balaban J connectivity index is 0.000000616. The van der Waals surface area contributed by atoms with Crippen molar-refractivity contribution in [3.05, 3.63) is 83.6 Å². The van der Waals surface area contributed by atoms with Crippen molar-refractivity contribution in [2.24, 2.45) is 0 Å². The number of nitrogens with one attached hydrogen (secondary N) is 3. The Morgan fingerprint density at radius 2 is 1.64 bits per heavy atom. The number of hydrogen-bond acceptors (Lipinski definition) is 7. The average molecular weight is 608 g/mol. The van der Waals surface area contributed by atoms with Gasteiger partial charge in [-0.1, -0.05) is 56.3 Å². The zero-order valence-electron chi connectivity index (χ0n) is 23.0. The predicted octanol–water partition coefficient (Wildman–Crippen LogP) is 3.98. The summed E-state index contributed by atoms with van der Waals surface area (Å²) in [7, 11) is -3.84. The first-order valence-electron chi connectivity index (χ1n) is 13.0. The highest BCUT2D eigenvalue weighted by molar-refractivity contribution is 7.92. The van der Waals surface area contributed by atoms with Crippen LogP contribution in [0.5, 0.6) is 0 Å². The normalized spacial score (nSPS) is 13.6. The van der Waals surface area contributed by atoms with Crippen molar-refractivity contribution in [3.8, 4) is 0 Å². The lowest BCUT2D eigenvalue weighted by Gasteiger charge is -2.30. The molecule has 226 valence electrons. The number of carboxylic acids is 1. The molecule has 1 fully saturated rings. The van der Waals surface area contributed by atoms with E-state index in [1.54, 1.807) is 18.2 Å². The maximum atomic E-state index is 13.2. The van der Waals surface area contributed by atoms with Gasteiger partial charge in [0, 0.05) is 32.7 Å². The van der Waals surface area contributed by atoms with Gasteiger partial charge in [0.05, 0.1) is 22.3 Å². The van der Waals surface area contributed by atoms with Crippen LogP contribution in [0.2, 0.25) is 0 Å². The third-order valence-corrected chi connectivity index (χ3v) is 7.57. The summed E-state index contributed by atoms with van der Waals surface area (Å²) in [5.41, 5.74) is 2.60. The molecule has 42 heavy (non-hydrogen) atoms. The topological polar surface area (TPSA) is 141 Å². The van der Waals surface area contributed by atoms with Crippen LogP contribution in [0.1, 0.15) is 41.3 Å². The third kappa shape index (κ3) is 9.17. The molecule has 0 saturated carbocycles. The number of pyridine rings is 1. The van der Waals surface area contributed by atoms with E-state index in [0.717, 1.165) is 24.2 Å². The number of hydrogen-bond donors (Lipinski definition) is 4. The number of carboxylic acid groups (broad SMARTS) is 1. The second kappa shape index (κ2) is 14.1. The van der Waals surface area contributed by atoms with Gasteiger partial charge >= 0.3 is 12.1 Å². The summed E-state index contributed by atoms with van der Waals surface area (Å²) >= 11 is 0. The van der Waals surface area contributed by atoms with E-state index in [2.05, 4.69) is 34.2 Å². The molecule has 2 aromatic carbocycles. The van der Waals surface area contributed by atoms with Crippen molar-refractivity contribution in [2.45, 2.75) is 37.4 Å². The van der Waals surface area contributed by atoms with Crippen molar-refractivity contribution in [1.82, 2.24) is 15.6 Å². The van der Waals surface area contributed by atoms with Crippen LogP contribution in [-0.4, -0.2) is 62.7 Å². The lowest BCUT2D eigenvalue weighted by molar-refractivity contribution is -0.192. The highest BCUT2D eigenvalue weighted by atomic mass is 32.2. The monoisotopic (exact) mass is 607 g/mol. The number of sulfonamides is 1. The summed E-state index contributed by atoms with van der Waals surface area (Å²) in [6.07, 6.45) is -3.62. The second-order valence-corrected chi connectivity index (χ2v) is 11.3. The summed E-state index contributed by atoms with van der Waals surface area (Å²) < 4.78 is 60.3. The van der Waals surface area contributed by atoms with E-state index in [1.807, 2.05) is 47.4 Å². The Bertz CT molecular complexity index is 1460. The molecule has 10 nitrogen and oxygen atoms in total. The molecule has 3 aromatic rings. The van der Waals surface area contributed by atoms with Crippen LogP contribution in [0.25, 0.3) is 0 Å². The molecule has 0 unspecified atom stereocenters. The number of alkyl halides is 3. The van der Waals surface area contributed by atoms with Gasteiger partial charge in [0.25, 0.3) is 15.9 Å². The zero-order chi connectivity index (χ0) is 30.9. The van der Waals surface area contributed by atoms with Crippen molar-refractivity contribution < 1.29 is 36.3 Å². The van der Waals surface area contributed by atoms with Crippen molar-refractivity contribution in [2.75, 3.05) is 35.8 Å². The number of halogens is 3. The zero-order valence-corrected chi connectivity index (χ0v) is 23.8. The highest BCUT2D eigenvalue weighted by Crippen LogP contribution is 2.25. The van der Waals surface area contributed by atoms with Gasteiger partial charge in [-0.25, -0.2) is 18.2 Å². The van der Waals surface area contributed by atoms with E-state index < -0.39 is 22.2 Å². The number of aromatic nitrogens is 1. The van der Waals surface area contributed by atoms with Gasteiger partial charge in [-0.15, -0.1) is 0 Å². The number of benzene rings is 2. The summed E-state index contributed by atoms with van der Waals surface area (Å²) in [5.74, 6) is -2.22. The molecule has 1 saturated heterocycles. The lowest BCUT2D eigenvalue weighted by Crippen LogP contribution is -2.44. The molecule has 0 spiro atoms. The minimum Gasteiger partial charge on any atom is -0.475 e. The predicted molar refractivity (Wildman–Crippen MR) is 152 cm³/mol. The molecule has 4 N–H and O–H groups in total. The standard InChI is InChI=1S/C26H31N5O3S.C2HF3O2/c1-19(2)21-8-10-23(11-9-21)35(33,34)30-22-16-24(25(28-18-22)31-14-12-27-13-15-31)26(32)29-17-20-6-4-3-5-7-20;3-2(4,5)1(6)7/h3-11,16,18-19,27,30H,12-15,17H2,1-2H3,(H,29,32);(H,6,7). The molecule has 2 heterocycles. The first-order chi connectivity index (χ1) is 19.8. The van der Waals surface area contributed by atoms with Crippen LogP contribution in [0.4, 0.5) is 24.7 Å². The second-order valence-electron chi connectivity index (χ2n) is 9.63. The van der Waals surface area contributed by atoms with E-state index in [0.29, 0.717) is 36.9 Å². The van der Waals surface area contributed by atoms with Crippen LogP contribution < -0.4 is 20.3 Å². The van der Waals surface area contributed by atoms with Gasteiger partial charge in [-0.3, -0.25) is 9.52 Å². The molecule has 0 atom stereocenters. The maximum absolute atomic E-state index is 13.2. The lowest BCUT2D eigenvalue weighted by atomic mass is 10.0. The fraction of sp³-hybridized carbons (Fsp3) is 0.321. The summed E-state index contributed by atoms with van der Waals surface area (Å²) in [6, 6.07) is 18.0. The van der Waals surface area contributed by atoms with E-state index in [9.17, 15) is 26.4 Å². The number of anilines is 2. The highest BCUT2D eigenvalue weighted by Gasteiger charge is 2.38. The quantitative estimate of drug-likeness (QED) is 0.302. The van der Waals surface area contributed by atoms with Crippen molar-refractivity contribution in [3.63, 3.8) is 0 Å². The van der Waals surface area contributed by atoms with Gasteiger partial charge in [0.15, 0.2) is 0 Å². The van der Waals surface area contributed by atoms with Crippen molar-refractivity contribution in [1.29, 1.82) is 0 Å². The molecule has 0 aliphatic carbocycles. The smallest absolute Gasteiger partial charge is 0.475 e. The number of carbonyl (C=O) groups excluding carboxylic acids is 1. The number of amides is 1. The Kier molecular flexibility index (Phi) is 10.9. The molecule has 0 bridgehead atoms. The molecule has 1 aliphatic heterocycles. The van der Waals surface area contributed by atoms with Gasteiger partial charge in [-0.05, 0) is 35.2 Å². The van der Waals surface area contributed by atoms with Gasteiger partial charge in [-0.2, -0.15) is 13.2 Å². The van der Waals surface area contributed by atoms with Crippen LogP contribution in [0, 0.1) is 0 Å². The summed E-state index contributed by atoms with van der Waals surface area (Å²) in [4.78, 5) is 28.8. The first-order valence-corrected chi connectivity index (χ1v) is 14.5. The number of aliphatic carboxylic acids is 1. The van der Waals surface area contributed by atoms with E-state index in [1.165, 1.54) is 6.20 Å². The third-order valence-electron chi connectivity index (χ3n) is 6.18. The van der Waals surface area contributed by atoms with Gasteiger partial charge in [0.2, 0.25) is 0 Å². The molecule has 14 heteroatoms. The SMILES string of the molecule is CC(C)c1ccc(S(=O)(=O)Nc2cnc(N3CCNCC3)c(C(=O)NCc3ccccc3)c2)cc1.O=C(O)C(F)(F)F. The van der Waals surface area contributed by atoms with Crippen LogP contribution >= 0.6 is 0 Å². The Morgan fingerprint density at radius 3 is 2.19 bits per heavy atom. The number of rotatable bonds is 8. The van der Waals surface area contributed by atoms with Gasteiger partial charge < -0.3 is 20.6 Å². The van der Waals surface area contributed by atoms with Gasteiger partial charge in [0.1, 0.15) is 5.82 Å². The minimum absolute atomic E-state index is 0.156.